The van der Waals surface area contributed by atoms with E-state index >= 15 is 0 Å². The third-order valence-corrected chi connectivity index (χ3v) is 4.27. The van der Waals surface area contributed by atoms with Gasteiger partial charge in [0.15, 0.2) is 0 Å². The summed E-state index contributed by atoms with van der Waals surface area (Å²) in [5, 5.41) is 3.93. The molecule has 0 atom stereocenters. The van der Waals surface area contributed by atoms with Crippen molar-refractivity contribution in [1.82, 2.24) is 5.32 Å². The summed E-state index contributed by atoms with van der Waals surface area (Å²) in [6.45, 7) is 0.651. The second-order valence-corrected chi connectivity index (χ2v) is 5.56. The fraction of sp³-hybridized carbons (Fsp3) is 0.533. The Bertz CT molecular complexity index is 382. The van der Waals surface area contributed by atoms with Gasteiger partial charge in [-0.25, -0.2) is 0 Å². The molecule has 1 N–H and O–H groups in total. The predicted molar refractivity (Wildman–Crippen MR) is 77.5 cm³/mol. The first kappa shape index (κ1) is 13.6. The minimum absolute atomic E-state index is 0.235. The van der Waals surface area contributed by atoms with E-state index in [1.807, 2.05) is 0 Å². The highest BCUT2D eigenvalue weighted by Gasteiger charge is 2.20. The lowest BCUT2D eigenvalue weighted by Gasteiger charge is -2.20. The smallest absolute Gasteiger partial charge is 0.223 e. The van der Waals surface area contributed by atoms with E-state index in [0.29, 0.717) is 6.54 Å². The van der Waals surface area contributed by atoms with Crippen LogP contribution in [-0.4, -0.2) is 5.91 Å². The topological polar surface area (TPSA) is 29.1 Å². The van der Waals surface area contributed by atoms with Crippen LogP contribution in [-0.2, 0) is 16.7 Å². The number of nitrogens with one attached hydrogen (secondary N) is 1. The fourth-order valence-corrected chi connectivity index (χ4v) is 2.82. The van der Waals surface area contributed by atoms with Crippen LogP contribution >= 0.6 is 15.9 Å². The van der Waals surface area contributed by atoms with E-state index in [4.69, 9.17) is 0 Å². The van der Waals surface area contributed by atoms with Crippen molar-refractivity contribution in [3.8, 4) is 0 Å². The standard InChI is InChI=1S/C15H20BrNO/c16-10-12-6-8-13(9-7-12)11-17-15(18)14-4-2-1-3-5-14/h6-9,14H,1-5,10-11H2,(H,17,18). The number of halogens is 1. The van der Waals surface area contributed by atoms with Gasteiger partial charge in [-0.1, -0.05) is 59.5 Å². The summed E-state index contributed by atoms with van der Waals surface area (Å²) < 4.78 is 0. The summed E-state index contributed by atoms with van der Waals surface area (Å²) in [6, 6.07) is 8.35. The van der Waals surface area contributed by atoms with Crippen molar-refractivity contribution in [2.75, 3.05) is 0 Å². The molecule has 1 fully saturated rings. The Morgan fingerprint density at radius 3 is 2.33 bits per heavy atom. The first-order valence-electron chi connectivity index (χ1n) is 6.71. The maximum Gasteiger partial charge on any atom is 0.223 e. The van der Waals surface area contributed by atoms with Gasteiger partial charge in [0.1, 0.15) is 0 Å². The number of carbonyl (C=O) groups excluding carboxylic acids is 1. The van der Waals surface area contributed by atoms with Crippen molar-refractivity contribution in [2.45, 2.75) is 44.0 Å². The molecule has 1 amide bonds. The van der Waals surface area contributed by atoms with Gasteiger partial charge in [0.05, 0.1) is 0 Å². The van der Waals surface area contributed by atoms with Crippen LogP contribution in [0.1, 0.15) is 43.2 Å². The van der Waals surface area contributed by atoms with Crippen LogP contribution in [0.2, 0.25) is 0 Å². The third-order valence-electron chi connectivity index (χ3n) is 3.62. The highest BCUT2D eigenvalue weighted by molar-refractivity contribution is 9.08. The summed E-state index contributed by atoms with van der Waals surface area (Å²) >= 11 is 3.43. The molecule has 0 radical (unpaired) electrons. The SMILES string of the molecule is O=C(NCc1ccc(CBr)cc1)C1CCCCC1. The van der Waals surface area contributed by atoms with Crippen LogP contribution in [0, 0.1) is 5.92 Å². The van der Waals surface area contributed by atoms with Crippen LogP contribution in [0.3, 0.4) is 0 Å². The van der Waals surface area contributed by atoms with Crippen molar-refractivity contribution < 1.29 is 4.79 Å². The fourth-order valence-electron chi connectivity index (χ4n) is 2.44. The second-order valence-electron chi connectivity index (χ2n) is 5.00. The average Bonchev–Trinajstić information content (AvgIpc) is 2.46. The van der Waals surface area contributed by atoms with E-state index in [9.17, 15) is 4.79 Å². The van der Waals surface area contributed by atoms with Crippen molar-refractivity contribution in [1.29, 1.82) is 0 Å². The summed E-state index contributed by atoms with van der Waals surface area (Å²) in [7, 11) is 0. The van der Waals surface area contributed by atoms with E-state index in [2.05, 4.69) is 45.5 Å². The molecule has 2 rings (SSSR count). The maximum atomic E-state index is 12.0. The number of alkyl halides is 1. The molecular weight excluding hydrogens is 290 g/mol. The van der Waals surface area contributed by atoms with Gasteiger partial charge < -0.3 is 5.32 Å². The minimum atomic E-state index is 0.235. The Labute approximate surface area is 117 Å². The Morgan fingerprint density at radius 1 is 1.11 bits per heavy atom. The van der Waals surface area contributed by atoms with Crippen LogP contribution in [0.4, 0.5) is 0 Å². The molecule has 0 unspecified atom stereocenters. The Balaban J connectivity index is 1.80. The highest BCUT2D eigenvalue weighted by atomic mass is 79.9. The molecule has 1 aliphatic rings. The largest absolute Gasteiger partial charge is 0.352 e. The molecule has 0 aliphatic heterocycles. The van der Waals surface area contributed by atoms with Gasteiger partial charge in [-0.2, -0.15) is 0 Å². The number of rotatable bonds is 4. The minimum Gasteiger partial charge on any atom is -0.352 e. The molecule has 2 nitrogen and oxygen atoms in total. The van der Waals surface area contributed by atoms with Gasteiger partial charge in [-0.15, -0.1) is 0 Å². The van der Waals surface area contributed by atoms with Gasteiger partial charge >= 0.3 is 0 Å². The van der Waals surface area contributed by atoms with Crippen LogP contribution in [0.25, 0.3) is 0 Å². The predicted octanol–water partition coefficient (Wildman–Crippen LogP) is 3.78. The lowest BCUT2D eigenvalue weighted by molar-refractivity contribution is -0.126. The Kier molecular flexibility index (Phi) is 5.24. The van der Waals surface area contributed by atoms with E-state index in [0.717, 1.165) is 18.2 Å². The zero-order valence-electron chi connectivity index (χ0n) is 10.6. The number of benzene rings is 1. The molecule has 1 aromatic rings. The van der Waals surface area contributed by atoms with E-state index in [1.165, 1.54) is 30.4 Å². The van der Waals surface area contributed by atoms with Crippen molar-refractivity contribution in [3.05, 3.63) is 35.4 Å². The molecule has 1 aliphatic carbocycles. The summed E-state index contributed by atoms with van der Waals surface area (Å²) in [6.07, 6.45) is 5.83. The molecule has 1 saturated carbocycles. The van der Waals surface area contributed by atoms with Crippen LogP contribution in [0.15, 0.2) is 24.3 Å². The van der Waals surface area contributed by atoms with Crippen molar-refractivity contribution >= 4 is 21.8 Å². The molecule has 0 aromatic heterocycles. The normalized spacial score (nSPS) is 16.5. The molecule has 0 heterocycles. The Morgan fingerprint density at radius 2 is 1.72 bits per heavy atom. The maximum absolute atomic E-state index is 12.0. The molecular formula is C15H20BrNO. The average molecular weight is 310 g/mol. The molecule has 1 aromatic carbocycles. The number of hydrogen-bond acceptors (Lipinski definition) is 1. The third kappa shape index (κ3) is 3.84. The first-order valence-corrected chi connectivity index (χ1v) is 7.83. The summed E-state index contributed by atoms with van der Waals surface area (Å²) in [5.41, 5.74) is 2.43. The lowest BCUT2D eigenvalue weighted by atomic mass is 9.88. The lowest BCUT2D eigenvalue weighted by Crippen LogP contribution is -2.31. The zero-order valence-corrected chi connectivity index (χ0v) is 12.2. The number of carbonyl (C=O) groups is 1. The molecule has 0 bridgehead atoms. The molecule has 0 spiro atoms. The van der Waals surface area contributed by atoms with Crippen molar-refractivity contribution in [2.24, 2.45) is 5.92 Å². The summed E-state index contributed by atoms with van der Waals surface area (Å²) in [4.78, 5) is 12.0. The van der Waals surface area contributed by atoms with E-state index in [-0.39, 0.29) is 11.8 Å². The van der Waals surface area contributed by atoms with Crippen LogP contribution < -0.4 is 5.32 Å². The Hall–Kier alpha value is -0.830. The first-order chi connectivity index (χ1) is 8.79. The quantitative estimate of drug-likeness (QED) is 0.843. The molecule has 3 heteroatoms. The van der Waals surface area contributed by atoms with Crippen molar-refractivity contribution in [3.63, 3.8) is 0 Å². The monoisotopic (exact) mass is 309 g/mol. The van der Waals surface area contributed by atoms with Gasteiger partial charge in [0.25, 0.3) is 0 Å². The molecule has 18 heavy (non-hydrogen) atoms. The van der Waals surface area contributed by atoms with Crippen LogP contribution in [0.5, 0.6) is 0 Å². The second kappa shape index (κ2) is 6.93. The number of amides is 1. The molecule has 0 saturated heterocycles. The van der Waals surface area contributed by atoms with E-state index < -0.39 is 0 Å². The van der Waals surface area contributed by atoms with Gasteiger partial charge in [0, 0.05) is 17.8 Å². The highest BCUT2D eigenvalue weighted by Crippen LogP contribution is 2.23. The number of hydrogen-bond donors (Lipinski definition) is 1. The van der Waals surface area contributed by atoms with Gasteiger partial charge in [-0.05, 0) is 24.0 Å². The van der Waals surface area contributed by atoms with Gasteiger partial charge in [0.2, 0.25) is 5.91 Å². The molecule has 98 valence electrons. The zero-order chi connectivity index (χ0) is 12.8. The van der Waals surface area contributed by atoms with Gasteiger partial charge in [-0.3, -0.25) is 4.79 Å². The summed E-state index contributed by atoms with van der Waals surface area (Å²) in [5.74, 6) is 0.486. The van der Waals surface area contributed by atoms with E-state index in [1.54, 1.807) is 0 Å².